The molecule has 1 aromatic heterocycles. The average molecular weight is 281 g/mol. The summed E-state index contributed by atoms with van der Waals surface area (Å²) in [5, 5.41) is 14.0. The van der Waals surface area contributed by atoms with Crippen LogP contribution in [0.5, 0.6) is 0 Å². The number of hydrogen-bond acceptors (Lipinski definition) is 5. The minimum atomic E-state index is 0.0653. The summed E-state index contributed by atoms with van der Waals surface area (Å²) >= 11 is 0. The van der Waals surface area contributed by atoms with E-state index in [4.69, 9.17) is 0 Å². The lowest BCUT2D eigenvalue weighted by Gasteiger charge is -2.36. The Hall–Kier alpha value is -1.11. The van der Waals surface area contributed by atoms with Crippen molar-refractivity contribution < 1.29 is 5.11 Å². The molecule has 6 heteroatoms. The van der Waals surface area contributed by atoms with Crippen molar-refractivity contribution in [3.63, 3.8) is 0 Å². The number of anilines is 1. The van der Waals surface area contributed by atoms with Crippen LogP contribution >= 0.6 is 0 Å². The summed E-state index contributed by atoms with van der Waals surface area (Å²) in [5.41, 5.74) is 1.90. The predicted octanol–water partition coefficient (Wildman–Crippen LogP) is -0.0956. The molecule has 2 heterocycles. The Morgan fingerprint density at radius 2 is 1.85 bits per heavy atom. The maximum Gasteiger partial charge on any atom is 0.132 e. The van der Waals surface area contributed by atoms with Gasteiger partial charge in [-0.25, -0.2) is 0 Å². The molecule has 20 heavy (non-hydrogen) atoms. The molecule has 1 saturated heterocycles. The van der Waals surface area contributed by atoms with Gasteiger partial charge < -0.3 is 14.9 Å². The number of piperazine rings is 1. The highest BCUT2D eigenvalue weighted by Crippen LogP contribution is 2.24. The van der Waals surface area contributed by atoms with Crippen molar-refractivity contribution in [3.05, 3.63) is 11.3 Å². The van der Waals surface area contributed by atoms with Crippen molar-refractivity contribution in [1.82, 2.24) is 19.6 Å². The lowest BCUT2D eigenvalue weighted by atomic mass is 10.2. The highest BCUT2D eigenvalue weighted by Gasteiger charge is 2.23. The van der Waals surface area contributed by atoms with Gasteiger partial charge in [0.2, 0.25) is 0 Å². The molecule has 1 aliphatic rings. The predicted molar refractivity (Wildman–Crippen MR) is 81.1 cm³/mol. The van der Waals surface area contributed by atoms with E-state index in [1.165, 1.54) is 0 Å². The third-order valence-corrected chi connectivity index (χ3v) is 4.01. The van der Waals surface area contributed by atoms with Crippen LogP contribution in [-0.2, 0) is 13.7 Å². The lowest BCUT2D eigenvalue weighted by molar-refractivity contribution is 0.228. The van der Waals surface area contributed by atoms with E-state index in [2.05, 4.69) is 33.9 Å². The summed E-state index contributed by atoms with van der Waals surface area (Å²) in [6, 6.07) is 0. The van der Waals surface area contributed by atoms with Gasteiger partial charge in [-0.2, -0.15) is 5.10 Å². The first-order chi connectivity index (χ1) is 9.52. The maximum atomic E-state index is 9.54. The van der Waals surface area contributed by atoms with Gasteiger partial charge >= 0.3 is 0 Å². The maximum absolute atomic E-state index is 9.54. The molecule has 0 aromatic carbocycles. The van der Waals surface area contributed by atoms with Gasteiger partial charge in [0.05, 0.1) is 12.3 Å². The minimum absolute atomic E-state index is 0.0653. The molecule has 0 spiro atoms. The van der Waals surface area contributed by atoms with Gasteiger partial charge in [-0.1, -0.05) is 0 Å². The van der Waals surface area contributed by atoms with Crippen LogP contribution in [0.1, 0.15) is 11.3 Å². The molecule has 0 radical (unpaired) electrons. The van der Waals surface area contributed by atoms with E-state index in [1.54, 1.807) is 0 Å². The summed E-state index contributed by atoms with van der Waals surface area (Å²) in [5.74, 6) is 1.08. The van der Waals surface area contributed by atoms with Crippen molar-refractivity contribution in [2.75, 3.05) is 58.3 Å². The SMILES string of the molecule is Cc1nn(C)c(N2CCN(CCN(C)C)CC2)c1CO. The number of aliphatic hydroxyl groups excluding tert-OH is 1. The molecular formula is C14H27N5O. The Kier molecular flexibility index (Phi) is 5.01. The van der Waals surface area contributed by atoms with Crippen LogP contribution in [0.25, 0.3) is 0 Å². The average Bonchev–Trinajstić information content (AvgIpc) is 2.71. The fraction of sp³-hybridized carbons (Fsp3) is 0.786. The summed E-state index contributed by atoms with van der Waals surface area (Å²) in [6.07, 6.45) is 0. The van der Waals surface area contributed by atoms with Gasteiger partial charge in [0.25, 0.3) is 0 Å². The summed E-state index contributed by atoms with van der Waals surface area (Å²) < 4.78 is 1.90. The minimum Gasteiger partial charge on any atom is -0.391 e. The largest absolute Gasteiger partial charge is 0.391 e. The molecule has 0 amide bonds. The Balaban J connectivity index is 1.97. The number of likely N-dealkylation sites (N-methyl/N-ethyl adjacent to an activating group) is 1. The van der Waals surface area contributed by atoms with Gasteiger partial charge in [0.15, 0.2) is 0 Å². The molecule has 0 bridgehead atoms. The summed E-state index contributed by atoms with van der Waals surface area (Å²) in [6.45, 7) is 8.40. The molecule has 2 rings (SSSR count). The highest BCUT2D eigenvalue weighted by molar-refractivity contribution is 5.50. The molecule has 1 aromatic rings. The smallest absolute Gasteiger partial charge is 0.132 e. The molecular weight excluding hydrogens is 254 g/mol. The lowest BCUT2D eigenvalue weighted by Crippen LogP contribution is -2.48. The number of hydrogen-bond donors (Lipinski definition) is 1. The molecule has 114 valence electrons. The van der Waals surface area contributed by atoms with Crippen molar-refractivity contribution in [1.29, 1.82) is 0 Å². The van der Waals surface area contributed by atoms with Gasteiger partial charge in [0, 0.05) is 51.9 Å². The van der Waals surface area contributed by atoms with Crippen LogP contribution in [0, 0.1) is 6.92 Å². The van der Waals surface area contributed by atoms with E-state index in [9.17, 15) is 5.11 Å². The van der Waals surface area contributed by atoms with Crippen LogP contribution in [0.15, 0.2) is 0 Å². The zero-order chi connectivity index (χ0) is 14.7. The molecule has 1 aliphatic heterocycles. The fourth-order valence-electron chi connectivity index (χ4n) is 2.80. The van der Waals surface area contributed by atoms with E-state index in [0.717, 1.165) is 56.3 Å². The van der Waals surface area contributed by atoms with Crippen molar-refractivity contribution in [2.24, 2.45) is 7.05 Å². The number of aromatic nitrogens is 2. The van der Waals surface area contributed by atoms with E-state index < -0.39 is 0 Å². The zero-order valence-corrected chi connectivity index (χ0v) is 13.1. The van der Waals surface area contributed by atoms with E-state index >= 15 is 0 Å². The monoisotopic (exact) mass is 281 g/mol. The van der Waals surface area contributed by atoms with Gasteiger partial charge in [0.1, 0.15) is 5.82 Å². The Bertz CT molecular complexity index is 435. The second kappa shape index (κ2) is 6.56. The first-order valence-corrected chi connectivity index (χ1v) is 7.28. The number of aliphatic hydroxyl groups is 1. The number of rotatable bonds is 5. The second-order valence-corrected chi connectivity index (χ2v) is 5.80. The number of aryl methyl sites for hydroxylation is 2. The summed E-state index contributed by atoms with van der Waals surface area (Å²) in [7, 11) is 6.18. The van der Waals surface area contributed by atoms with Crippen LogP contribution in [0.4, 0.5) is 5.82 Å². The standard InChI is InChI=1S/C14H27N5O/c1-12-13(11-20)14(17(4)15-12)19-9-7-18(8-10-19)6-5-16(2)3/h20H,5-11H2,1-4H3. The molecule has 1 fully saturated rings. The molecule has 0 aliphatic carbocycles. The molecule has 6 nitrogen and oxygen atoms in total. The Morgan fingerprint density at radius 1 is 1.20 bits per heavy atom. The molecule has 0 unspecified atom stereocenters. The van der Waals surface area contributed by atoms with Crippen molar-refractivity contribution in [3.8, 4) is 0 Å². The van der Waals surface area contributed by atoms with E-state index in [-0.39, 0.29) is 6.61 Å². The molecule has 1 N–H and O–H groups in total. The van der Waals surface area contributed by atoms with Crippen LogP contribution in [-0.4, -0.2) is 78.1 Å². The fourth-order valence-corrected chi connectivity index (χ4v) is 2.80. The zero-order valence-electron chi connectivity index (χ0n) is 13.1. The van der Waals surface area contributed by atoms with Crippen molar-refractivity contribution in [2.45, 2.75) is 13.5 Å². The van der Waals surface area contributed by atoms with Crippen molar-refractivity contribution >= 4 is 5.82 Å². The Morgan fingerprint density at radius 3 is 2.40 bits per heavy atom. The normalized spacial score (nSPS) is 17.2. The van der Waals surface area contributed by atoms with Gasteiger partial charge in [-0.15, -0.1) is 0 Å². The quantitative estimate of drug-likeness (QED) is 0.817. The summed E-state index contributed by atoms with van der Waals surface area (Å²) in [4.78, 5) is 7.07. The molecule has 0 atom stereocenters. The van der Waals surface area contributed by atoms with E-state index in [0.29, 0.717) is 0 Å². The van der Waals surface area contributed by atoms with Gasteiger partial charge in [-0.05, 0) is 21.0 Å². The second-order valence-electron chi connectivity index (χ2n) is 5.80. The van der Waals surface area contributed by atoms with Crippen LogP contribution in [0.3, 0.4) is 0 Å². The first-order valence-electron chi connectivity index (χ1n) is 7.28. The Labute approximate surface area is 121 Å². The third-order valence-electron chi connectivity index (χ3n) is 4.01. The highest BCUT2D eigenvalue weighted by atomic mass is 16.3. The number of nitrogens with zero attached hydrogens (tertiary/aromatic N) is 5. The van der Waals surface area contributed by atoms with Crippen LogP contribution < -0.4 is 4.90 Å². The third kappa shape index (κ3) is 3.31. The topological polar surface area (TPSA) is 47.8 Å². The molecule has 0 saturated carbocycles. The van der Waals surface area contributed by atoms with Crippen LogP contribution in [0.2, 0.25) is 0 Å². The first kappa shape index (κ1) is 15.3. The van der Waals surface area contributed by atoms with Gasteiger partial charge in [-0.3, -0.25) is 9.58 Å². The van der Waals surface area contributed by atoms with E-state index in [1.807, 2.05) is 18.7 Å².